The fourth-order valence-corrected chi connectivity index (χ4v) is 1.79. The summed E-state index contributed by atoms with van der Waals surface area (Å²) in [7, 11) is 2.92. The highest BCUT2D eigenvalue weighted by Gasteiger charge is 2.25. The second-order valence-electron chi connectivity index (χ2n) is 4.90. The Labute approximate surface area is 134 Å². The SMILES string of the molecule is CCC(C)NC(=O)c1cc(OC)c(OCCOC)cc1[N+](=O)[O-]. The molecule has 128 valence electrons. The number of nitro benzene ring substituents is 1. The number of nitrogens with one attached hydrogen (secondary N) is 1. The average Bonchev–Trinajstić information content (AvgIpc) is 2.54. The third kappa shape index (κ3) is 5.10. The summed E-state index contributed by atoms with van der Waals surface area (Å²) in [5, 5.41) is 14.0. The Kier molecular flexibility index (Phi) is 7.27. The Morgan fingerprint density at radius 3 is 2.52 bits per heavy atom. The van der Waals surface area contributed by atoms with Crippen LogP contribution in [-0.4, -0.2) is 44.3 Å². The van der Waals surface area contributed by atoms with Crippen molar-refractivity contribution in [3.63, 3.8) is 0 Å². The van der Waals surface area contributed by atoms with E-state index in [-0.39, 0.29) is 35.4 Å². The minimum atomic E-state index is -0.617. The highest BCUT2D eigenvalue weighted by atomic mass is 16.6. The van der Waals surface area contributed by atoms with Crippen LogP contribution in [0.25, 0.3) is 0 Å². The normalized spacial score (nSPS) is 11.7. The average molecular weight is 326 g/mol. The van der Waals surface area contributed by atoms with Crippen LogP contribution in [0.3, 0.4) is 0 Å². The molecule has 0 aliphatic heterocycles. The van der Waals surface area contributed by atoms with Gasteiger partial charge in [-0.15, -0.1) is 0 Å². The number of rotatable bonds is 9. The first-order chi connectivity index (χ1) is 10.9. The quantitative estimate of drug-likeness (QED) is 0.424. The maximum atomic E-state index is 12.2. The van der Waals surface area contributed by atoms with E-state index in [9.17, 15) is 14.9 Å². The molecule has 0 aliphatic rings. The van der Waals surface area contributed by atoms with Crippen LogP contribution in [0.15, 0.2) is 12.1 Å². The number of hydrogen-bond donors (Lipinski definition) is 1. The summed E-state index contributed by atoms with van der Waals surface area (Å²) >= 11 is 0. The third-order valence-corrected chi connectivity index (χ3v) is 3.26. The predicted octanol–water partition coefficient (Wildman–Crippen LogP) is 2.16. The molecular weight excluding hydrogens is 304 g/mol. The van der Waals surface area contributed by atoms with Gasteiger partial charge in [0.2, 0.25) is 0 Å². The molecule has 0 saturated carbocycles. The maximum Gasteiger partial charge on any atom is 0.286 e. The molecule has 0 spiro atoms. The first kappa shape index (κ1) is 18.7. The second kappa shape index (κ2) is 8.94. The van der Waals surface area contributed by atoms with Gasteiger partial charge >= 0.3 is 0 Å². The lowest BCUT2D eigenvalue weighted by Crippen LogP contribution is -2.32. The molecule has 0 radical (unpaired) electrons. The molecule has 0 heterocycles. The molecule has 1 aromatic carbocycles. The minimum Gasteiger partial charge on any atom is -0.493 e. The maximum absolute atomic E-state index is 12.2. The van der Waals surface area contributed by atoms with Gasteiger partial charge in [0.15, 0.2) is 11.5 Å². The van der Waals surface area contributed by atoms with Crippen LogP contribution in [0.2, 0.25) is 0 Å². The van der Waals surface area contributed by atoms with E-state index < -0.39 is 10.8 Å². The van der Waals surface area contributed by atoms with Gasteiger partial charge in [-0.3, -0.25) is 14.9 Å². The Hall–Kier alpha value is -2.35. The van der Waals surface area contributed by atoms with E-state index in [0.29, 0.717) is 6.61 Å². The number of nitrogens with zero attached hydrogens (tertiary/aromatic N) is 1. The minimum absolute atomic E-state index is 0.0637. The fraction of sp³-hybridized carbons (Fsp3) is 0.533. The molecule has 0 aliphatic carbocycles. The van der Waals surface area contributed by atoms with E-state index in [4.69, 9.17) is 14.2 Å². The van der Waals surface area contributed by atoms with Crippen molar-refractivity contribution in [3.8, 4) is 11.5 Å². The Morgan fingerprint density at radius 2 is 2.00 bits per heavy atom. The van der Waals surface area contributed by atoms with Crippen molar-refractivity contribution >= 4 is 11.6 Å². The third-order valence-electron chi connectivity index (χ3n) is 3.26. The molecule has 0 fully saturated rings. The summed E-state index contributed by atoms with van der Waals surface area (Å²) < 4.78 is 15.4. The standard InChI is InChI=1S/C15H22N2O6/c1-5-10(2)16-15(18)11-8-13(22-4)14(23-7-6-21-3)9-12(11)17(19)20/h8-10H,5-7H2,1-4H3,(H,16,18). The van der Waals surface area contributed by atoms with Gasteiger partial charge in [0, 0.05) is 19.2 Å². The van der Waals surface area contributed by atoms with Crippen LogP contribution >= 0.6 is 0 Å². The smallest absolute Gasteiger partial charge is 0.286 e. The highest BCUT2D eigenvalue weighted by molar-refractivity contribution is 5.99. The van der Waals surface area contributed by atoms with Crippen LogP contribution in [0.4, 0.5) is 5.69 Å². The molecular formula is C15H22N2O6. The lowest BCUT2D eigenvalue weighted by atomic mass is 10.1. The highest BCUT2D eigenvalue weighted by Crippen LogP contribution is 2.34. The number of methoxy groups -OCH3 is 2. The van der Waals surface area contributed by atoms with Crippen molar-refractivity contribution in [1.82, 2.24) is 5.32 Å². The summed E-state index contributed by atoms with van der Waals surface area (Å²) in [5.41, 5.74) is -0.398. The van der Waals surface area contributed by atoms with Crippen molar-refractivity contribution in [2.75, 3.05) is 27.4 Å². The Morgan fingerprint density at radius 1 is 1.30 bits per heavy atom. The van der Waals surface area contributed by atoms with Crippen molar-refractivity contribution in [3.05, 3.63) is 27.8 Å². The van der Waals surface area contributed by atoms with Crippen LogP contribution < -0.4 is 14.8 Å². The van der Waals surface area contributed by atoms with E-state index in [1.165, 1.54) is 26.4 Å². The molecule has 0 aromatic heterocycles. The molecule has 8 heteroatoms. The van der Waals surface area contributed by atoms with Gasteiger partial charge < -0.3 is 19.5 Å². The molecule has 1 aromatic rings. The van der Waals surface area contributed by atoms with Crippen molar-refractivity contribution < 1.29 is 23.9 Å². The largest absolute Gasteiger partial charge is 0.493 e. The first-order valence-electron chi connectivity index (χ1n) is 7.23. The summed E-state index contributed by atoms with van der Waals surface area (Å²) in [6.07, 6.45) is 0.717. The number of hydrogen-bond acceptors (Lipinski definition) is 6. The number of nitro groups is 1. The lowest BCUT2D eigenvalue weighted by molar-refractivity contribution is -0.385. The predicted molar refractivity (Wildman–Crippen MR) is 84.2 cm³/mol. The molecule has 23 heavy (non-hydrogen) atoms. The van der Waals surface area contributed by atoms with Crippen LogP contribution in [0.1, 0.15) is 30.6 Å². The fourth-order valence-electron chi connectivity index (χ4n) is 1.79. The lowest BCUT2D eigenvalue weighted by Gasteiger charge is -2.14. The van der Waals surface area contributed by atoms with Gasteiger partial charge in [-0.25, -0.2) is 0 Å². The summed E-state index contributed by atoms with van der Waals surface area (Å²) in [4.78, 5) is 22.9. The van der Waals surface area contributed by atoms with E-state index >= 15 is 0 Å². The van der Waals surface area contributed by atoms with E-state index in [0.717, 1.165) is 6.42 Å². The van der Waals surface area contributed by atoms with Gasteiger partial charge in [0.1, 0.15) is 12.2 Å². The number of amides is 1. The number of carbonyl (C=O) groups is 1. The van der Waals surface area contributed by atoms with E-state index in [1.807, 2.05) is 13.8 Å². The van der Waals surface area contributed by atoms with Gasteiger partial charge in [0.05, 0.1) is 24.7 Å². The van der Waals surface area contributed by atoms with Crippen molar-refractivity contribution in [2.24, 2.45) is 0 Å². The van der Waals surface area contributed by atoms with Crippen LogP contribution in [0, 0.1) is 10.1 Å². The molecule has 1 unspecified atom stereocenters. The monoisotopic (exact) mass is 326 g/mol. The Balaban J connectivity index is 3.19. The summed E-state index contributed by atoms with van der Waals surface area (Å²) in [6, 6.07) is 2.42. The molecule has 0 saturated heterocycles. The van der Waals surface area contributed by atoms with E-state index in [1.54, 1.807) is 0 Å². The zero-order chi connectivity index (χ0) is 17.4. The van der Waals surface area contributed by atoms with Crippen LogP contribution in [-0.2, 0) is 4.74 Å². The summed E-state index contributed by atoms with van der Waals surface area (Å²) in [6.45, 7) is 4.27. The molecule has 0 bridgehead atoms. The number of carbonyl (C=O) groups excluding carboxylic acids is 1. The zero-order valence-electron chi connectivity index (χ0n) is 13.8. The van der Waals surface area contributed by atoms with Gasteiger partial charge in [-0.1, -0.05) is 6.92 Å². The van der Waals surface area contributed by atoms with Crippen molar-refractivity contribution in [1.29, 1.82) is 0 Å². The Bertz CT molecular complexity index is 561. The molecule has 1 amide bonds. The zero-order valence-corrected chi connectivity index (χ0v) is 13.8. The van der Waals surface area contributed by atoms with Crippen LogP contribution in [0.5, 0.6) is 11.5 Å². The second-order valence-corrected chi connectivity index (χ2v) is 4.90. The van der Waals surface area contributed by atoms with Gasteiger partial charge in [0.25, 0.3) is 11.6 Å². The molecule has 1 rings (SSSR count). The molecule has 1 atom stereocenters. The molecule has 8 nitrogen and oxygen atoms in total. The number of ether oxygens (including phenoxy) is 3. The van der Waals surface area contributed by atoms with Crippen molar-refractivity contribution in [2.45, 2.75) is 26.3 Å². The molecule has 1 N–H and O–H groups in total. The van der Waals surface area contributed by atoms with Gasteiger partial charge in [-0.2, -0.15) is 0 Å². The topological polar surface area (TPSA) is 99.9 Å². The van der Waals surface area contributed by atoms with Gasteiger partial charge in [-0.05, 0) is 13.3 Å². The summed E-state index contributed by atoms with van der Waals surface area (Å²) in [5.74, 6) is -0.0786. The number of benzene rings is 1. The first-order valence-corrected chi connectivity index (χ1v) is 7.23. The van der Waals surface area contributed by atoms with E-state index in [2.05, 4.69) is 5.32 Å².